The Morgan fingerprint density at radius 3 is 2.41 bits per heavy atom. The average Bonchev–Trinajstić information content (AvgIpc) is 3.02. The highest BCUT2D eigenvalue weighted by Crippen LogP contribution is 2.15. The first-order valence-corrected chi connectivity index (χ1v) is 10.4. The lowest BCUT2D eigenvalue weighted by molar-refractivity contribution is 0.247. The number of benzene rings is 1. The molecule has 0 bridgehead atoms. The van der Waals surface area contributed by atoms with Gasteiger partial charge in [-0.1, -0.05) is 18.2 Å². The third-order valence-corrected chi connectivity index (χ3v) is 5.60. The lowest BCUT2D eigenvalue weighted by atomic mass is 10.2. The third kappa shape index (κ3) is 4.43. The SMILES string of the molecule is Cc1ccnc(N2CCN(CCCn3c(=O)cc(C)n3-c3ccccc3)CC2)c1. The fourth-order valence-corrected chi connectivity index (χ4v) is 4.06. The molecule has 0 atom stereocenters. The Labute approximate surface area is 172 Å². The maximum absolute atomic E-state index is 12.5. The first-order chi connectivity index (χ1) is 14.1. The van der Waals surface area contributed by atoms with Gasteiger partial charge in [0, 0.05) is 57.2 Å². The van der Waals surface area contributed by atoms with Crippen LogP contribution in [0.3, 0.4) is 0 Å². The second-order valence-corrected chi connectivity index (χ2v) is 7.77. The molecule has 1 saturated heterocycles. The van der Waals surface area contributed by atoms with Gasteiger partial charge >= 0.3 is 0 Å². The van der Waals surface area contributed by atoms with E-state index in [4.69, 9.17) is 0 Å². The number of hydrogen-bond donors (Lipinski definition) is 0. The number of para-hydroxylation sites is 1. The molecule has 1 aliphatic rings. The maximum Gasteiger partial charge on any atom is 0.267 e. The van der Waals surface area contributed by atoms with Crippen molar-refractivity contribution in [3.63, 3.8) is 0 Å². The maximum atomic E-state index is 12.5. The molecule has 4 rings (SSSR count). The summed E-state index contributed by atoms with van der Waals surface area (Å²) >= 11 is 0. The van der Waals surface area contributed by atoms with E-state index >= 15 is 0 Å². The number of hydrogen-bond acceptors (Lipinski definition) is 4. The molecule has 0 N–H and O–H groups in total. The molecule has 0 unspecified atom stereocenters. The Morgan fingerprint density at radius 1 is 0.931 bits per heavy atom. The van der Waals surface area contributed by atoms with Gasteiger partial charge in [0.2, 0.25) is 0 Å². The van der Waals surface area contributed by atoms with Crippen molar-refractivity contribution in [2.24, 2.45) is 0 Å². The number of pyridine rings is 1. The minimum absolute atomic E-state index is 0.0710. The Morgan fingerprint density at radius 2 is 1.69 bits per heavy atom. The van der Waals surface area contributed by atoms with Gasteiger partial charge in [0.05, 0.1) is 5.69 Å². The van der Waals surface area contributed by atoms with E-state index in [1.54, 1.807) is 6.07 Å². The average molecular weight is 392 g/mol. The fourth-order valence-electron chi connectivity index (χ4n) is 4.06. The predicted octanol–water partition coefficient (Wildman–Crippen LogP) is 2.86. The van der Waals surface area contributed by atoms with Gasteiger partial charge in [-0.15, -0.1) is 0 Å². The van der Waals surface area contributed by atoms with Crippen molar-refractivity contribution in [2.45, 2.75) is 26.8 Å². The van der Waals surface area contributed by atoms with Gasteiger partial charge in [0.25, 0.3) is 5.56 Å². The molecule has 2 aromatic heterocycles. The highest BCUT2D eigenvalue weighted by Gasteiger charge is 2.18. The van der Waals surface area contributed by atoms with Gasteiger partial charge in [-0.2, -0.15) is 0 Å². The van der Waals surface area contributed by atoms with Crippen molar-refractivity contribution in [1.82, 2.24) is 19.2 Å². The van der Waals surface area contributed by atoms with E-state index in [1.165, 1.54) is 5.56 Å². The number of aryl methyl sites for hydroxylation is 2. The number of anilines is 1. The Bertz CT molecular complexity index is 1000. The number of rotatable bonds is 6. The summed E-state index contributed by atoms with van der Waals surface area (Å²) < 4.78 is 3.89. The molecule has 0 spiro atoms. The summed E-state index contributed by atoms with van der Waals surface area (Å²) in [7, 11) is 0. The van der Waals surface area contributed by atoms with Crippen LogP contribution in [-0.2, 0) is 6.54 Å². The van der Waals surface area contributed by atoms with E-state index in [0.717, 1.165) is 62.9 Å². The molecule has 0 aliphatic carbocycles. The van der Waals surface area contributed by atoms with Crippen molar-refractivity contribution in [2.75, 3.05) is 37.6 Å². The first kappa shape index (κ1) is 19.5. The zero-order valence-corrected chi connectivity index (χ0v) is 17.3. The van der Waals surface area contributed by atoms with Crippen LogP contribution in [0.4, 0.5) is 5.82 Å². The normalized spacial score (nSPS) is 15.0. The molecule has 6 nitrogen and oxygen atoms in total. The van der Waals surface area contributed by atoms with E-state index < -0.39 is 0 Å². The standard InChI is InChI=1S/C23H29N5O/c1-19-9-10-24-22(17-19)26-15-13-25(14-16-26)11-6-12-27-23(29)18-20(2)28(27)21-7-4-3-5-8-21/h3-5,7-10,17-18H,6,11-16H2,1-2H3. The molecule has 1 aliphatic heterocycles. The largest absolute Gasteiger partial charge is 0.354 e. The highest BCUT2D eigenvalue weighted by molar-refractivity contribution is 5.41. The van der Waals surface area contributed by atoms with Crippen LogP contribution >= 0.6 is 0 Å². The number of aromatic nitrogens is 3. The second kappa shape index (κ2) is 8.66. The lowest BCUT2D eigenvalue weighted by Gasteiger charge is -2.35. The number of nitrogens with zero attached hydrogens (tertiary/aromatic N) is 5. The molecule has 0 saturated carbocycles. The Kier molecular flexibility index (Phi) is 5.81. The minimum Gasteiger partial charge on any atom is -0.354 e. The summed E-state index contributed by atoms with van der Waals surface area (Å²) in [6.45, 7) is 9.87. The van der Waals surface area contributed by atoms with Gasteiger partial charge in [0.1, 0.15) is 5.82 Å². The van der Waals surface area contributed by atoms with Crippen molar-refractivity contribution in [3.05, 3.63) is 76.3 Å². The Balaban J connectivity index is 1.33. The van der Waals surface area contributed by atoms with Crippen LogP contribution in [0.25, 0.3) is 5.69 Å². The molecule has 3 aromatic rings. The minimum atomic E-state index is 0.0710. The van der Waals surface area contributed by atoms with Crippen molar-refractivity contribution in [1.29, 1.82) is 0 Å². The van der Waals surface area contributed by atoms with E-state index in [1.807, 2.05) is 58.9 Å². The van der Waals surface area contributed by atoms with Crippen LogP contribution in [0, 0.1) is 13.8 Å². The van der Waals surface area contributed by atoms with Gasteiger partial charge in [-0.05, 0) is 50.1 Å². The Hall–Kier alpha value is -2.86. The molecule has 3 heterocycles. The fraction of sp³-hybridized carbons (Fsp3) is 0.391. The van der Waals surface area contributed by atoms with Gasteiger partial charge in [-0.3, -0.25) is 14.4 Å². The smallest absolute Gasteiger partial charge is 0.267 e. The van der Waals surface area contributed by atoms with Crippen LogP contribution in [0.1, 0.15) is 17.7 Å². The molecular formula is C23H29N5O. The summed E-state index contributed by atoms with van der Waals surface area (Å²) in [6, 6.07) is 16.0. The summed E-state index contributed by atoms with van der Waals surface area (Å²) in [5.41, 5.74) is 3.33. The van der Waals surface area contributed by atoms with Crippen LogP contribution in [-0.4, -0.2) is 52.0 Å². The van der Waals surface area contributed by atoms with Gasteiger partial charge < -0.3 is 4.90 Å². The molecular weight excluding hydrogens is 362 g/mol. The summed E-state index contributed by atoms with van der Waals surface area (Å²) in [5, 5.41) is 0. The van der Waals surface area contributed by atoms with E-state index in [0.29, 0.717) is 0 Å². The van der Waals surface area contributed by atoms with Crippen molar-refractivity contribution < 1.29 is 0 Å². The predicted molar refractivity (Wildman–Crippen MR) is 117 cm³/mol. The first-order valence-electron chi connectivity index (χ1n) is 10.4. The number of piperazine rings is 1. The topological polar surface area (TPSA) is 46.3 Å². The molecule has 0 amide bonds. The van der Waals surface area contributed by atoms with Gasteiger partial charge in [0.15, 0.2) is 0 Å². The molecule has 29 heavy (non-hydrogen) atoms. The monoisotopic (exact) mass is 391 g/mol. The van der Waals surface area contributed by atoms with E-state index in [-0.39, 0.29) is 5.56 Å². The highest BCUT2D eigenvalue weighted by atomic mass is 16.1. The molecule has 1 fully saturated rings. The van der Waals surface area contributed by atoms with Crippen molar-refractivity contribution >= 4 is 5.82 Å². The van der Waals surface area contributed by atoms with Crippen LogP contribution in [0.5, 0.6) is 0 Å². The zero-order valence-electron chi connectivity index (χ0n) is 17.3. The third-order valence-electron chi connectivity index (χ3n) is 5.60. The van der Waals surface area contributed by atoms with E-state index in [9.17, 15) is 4.79 Å². The zero-order chi connectivity index (χ0) is 20.2. The van der Waals surface area contributed by atoms with Gasteiger partial charge in [-0.25, -0.2) is 9.67 Å². The van der Waals surface area contributed by atoms with Crippen LogP contribution < -0.4 is 10.5 Å². The molecule has 152 valence electrons. The summed E-state index contributed by atoms with van der Waals surface area (Å²) in [4.78, 5) is 21.8. The lowest BCUT2D eigenvalue weighted by Crippen LogP contribution is -2.47. The van der Waals surface area contributed by atoms with Crippen molar-refractivity contribution in [3.8, 4) is 5.69 Å². The van der Waals surface area contributed by atoms with E-state index in [2.05, 4.69) is 27.8 Å². The summed E-state index contributed by atoms with van der Waals surface area (Å²) in [6.07, 6.45) is 2.84. The molecule has 1 aromatic carbocycles. The molecule has 0 radical (unpaired) electrons. The quantitative estimate of drug-likeness (QED) is 0.648. The second-order valence-electron chi connectivity index (χ2n) is 7.77. The summed E-state index contributed by atoms with van der Waals surface area (Å²) in [5.74, 6) is 1.08. The van der Waals surface area contributed by atoms with Crippen LogP contribution in [0.15, 0.2) is 59.5 Å². The van der Waals surface area contributed by atoms with Crippen LogP contribution in [0.2, 0.25) is 0 Å². The molecule has 6 heteroatoms.